The minimum atomic E-state index is -0.753. The first-order valence-corrected chi connectivity index (χ1v) is 4.80. The average Bonchev–Trinajstić information content (AvgIpc) is 2.67. The molecule has 2 rings (SSSR count). The molecule has 1 aromatic carbocycles. The van der Waals surface area contributed by atoms with Gasteiger partial charge in [0.05, 0.1) is 0 Å². The lowest BCUT2D eigenvalue weighted by Crippen LogP contribution is -2.34. The fourth-order valence-corrected chi connectivity index (χ4v) is 2.02. The number of rotatable bonds is 2. The lowest BCUT2D eigenvalue weighted by Gasteiger charge is -2.15. The van der Waals surface area contributed by atoms with Gasteiger partial charge in [0.2, 0.25) is 0 Å². The van der Waals surface area contributed by atoms with E-state index in [9.17, 15) is 4.79 Å². The molecular weight excluding hydrogens is 214 g/mol. The van der Waals surface area contributed by atoms with Gasteiger partial charge >= 0.3 is 5.97 Å². The number of halogens is 1. The molecule has 0 spiro atoms. The molecule has 0 bridgehead atoms. The largest absolute Gasteiger partial charge is 0.480 e. The molecule has 0 saturated carbocycles. The monoisotopic (exact) mass is 227 g/mol. The fraction of sp³-hybridized carbons (Fsp3) is 0.364. The Morgan fingerprint density at radius 3 is 2.60 bits per heavy atom. The van der Waals surface area contributed by atoms with E-state index in [-0.39, 0.29) is 18.3 Å². The van der Waals surface area contributed by atoms with Crippen LogP contribution in [-0.4, -0.2) is 23.7 Å². The summed E-state index contributed by atoms with van der Waals surface area (Å²) >= 11 is 0. The summed E-state index contributed by atoms with van der Waals surface area (Å²) in [4.78, 5) is 10.9. The van der Waals surface area contributed by atoms with Crippen LogP contribution in [0.4, 0.5) is 0 Å². The SMILES string of the molecule is Cl.O=C(O)[C@@H]1NCC[C@H]1c1ccccc1. The highest BCUT2D eigenvalue weighted by molar-refractivity contribution is 5.85. The molecule has 3 nitrogen and oxygen atoms in total. The molecule has 1 heterocycles. The predicted octanol–water partition coefficient (Wildman–Crippen LogP) is 1.64. The maximum absolute atomic E-state index is 10.9. The quantitative estimate of drug-likeness (QED) is 0.808. The molecule has 1 aliphatic heterocycles. The number of hydrogen-bond acceptors (Lipinski definition) is 2. The normalized spacial score (nSPS) is 24.5. The average molecular weight is 228 g/mol. The highest BCUT2D eigenvalue weighted by Gasteiger charge is 2.33. The molecule has 2 N–H and O–H groups in total. The van der Waals surface area contributed by atoms with E-state index in [1.165, 1.54) is 0 Å². The van der Waals surface area contributed by atoms with Crippen LogP contribution >= 0.6 is 12.4 Å². The van der Waals surface area contributed by atoms with Crippen molar-refractivity contribution < 1.29 is 9.90 Å². The van der Waals surface area contributed by atoms with Crippen LogP contribution in [0.5, 0.6) is 0 Å². The number of benzene rings is 1. The number of carbonyl (C=O) groups is 1. The Morgan fingerprint density at radius 1 is 1.33 bits per heavy atom. The third-order valence-corrected chi connectivity index (χ3v) is 2.72. The van der Waals surface area contributed by atoms with E-state index in [4.69, 9.17) is 5.11 Å². The van der Waals surface area contributed by atoms with Gasteiger partial charge in [-0.1, -0.05) is 30.3 Å². The van der Waals surface area contributed by atoms with Gasteiger partial charge in [0.25, 0.3) is 0 Å². The van der Waals surface area contributed by atoms with Crippen LogP contribution in [0.25, 0.3) is 0 Å². The molecule has 0 unspecified atom stereocenters. The summed E-state index contributed by atoms with van der Waals surface area (Å²) in [5, 5.41) is 12.0. The molecular formula is C11H14ClNO2. The van der Waals surface area contributed by atoms with E-state index in [2.05, 4.69) is 5.32 Å². The smallest absolute Gasteiger partial charge is 0.321 e. The molecule has 1 aliphatic rings. The summed E-state index contributed by atoms with van der Waals surface area (Å²) in [6.45, 7) is 0.788. The molecule has 2 atom stereocenters. The van der Waals surface area contributed by atoms with Crippen molar-refractivity contribution in [1.29, 1.82) is 0 Å². The van der Waals surface area contributed by atoms with Gasteiger partial charge in [-0.25, -0.2) is 0 Å². The number of carboxylic acids is 1. The second-order valence-electron chi connectivity index (χ2n) is 3.58. The number of carboxylic acid groups (broad SMARTS) is 1. The number of aliphatic carboxylic acids is 1. The first kappa shape index (κ1) is 12.0. The van der Waals surface area contributed by atoms with Crippen molar-refractivity contribution in [1.82, 2.24) is 5.32 Å². The molecule has 1 fully saturated rings. The highest BCUT2D eigenvalue weighted by atomic mass is 35.5. The van der Waals surface area contributed by atoms with Crippen molar-refractivity contribution in [2.45, 2.75) is 18.4 Å². The zero-order valence-electron chi connectivity index (χ0n) is 8.22. The zero-order valence-corrected chi connectivity index (χ0v) is 9.04. The summed E-state index contributed by atoms with van der Waals surface area (Å²) in [5.74, 6) is -0.634. The van der Waals surface area contributed by atoms with Gasteiger partial charge in [-0.2, -0.15) is 0 Å². The first-order chi connectivity index (χ1) is 6.79. The Bertz CT molecular complexity index is 329. The van der Waals surface area contributed by atoms with Gasteiger partial charge in [-0.05, 0) is 18.5 Å². The van der Waals surface area contributed by atoms with E-state index >= 15 is 0 Å². The molecule has 0 aliphatic carbocycles. The lowest BCUT2D eigenvalue weighted by atomic mass is 9.92. The molecule has 4 heteroatoms. The van der Waals surface area contributed by atoms with Crippen LogP contribution < -0.4 is 5.32 Å². The van der Waals surface area contributed by atoms with Gasteiger partial charge in [0, 0.05) is 5.92 Å². The first-order valence-electron chi connectivity index (χ1n) is 4.80. The van der Waals surface area contributed by atoms with Gasteiger partial charge in [-0.15, -0.1) is 12.4 Å². The Hall–Kier alpha value is -1.06. The third kappa shape index (κ3) is 2.49. The van der Waals surface area contributed by atoms with Gasteiger partial charge in [0.1, 0.15) is 6.04 Å². The van der Waals surface area contributed by atoms with Crippen LogP contribution in [0.15, 0.2) is 30.3 Å². The fourth-order valence-electron chi connectivity index (χ4n) is 2.02. The minimum absolute atomic E-state index is 0. The van der Waals surface area contributed by atoms with E-state index in [0.717, 1.165) is 18.5 Å². The van der Waals surface area contributed by atoms with E-state index < -0.39 is 12.0 Å². The molecule has 0 radical (unpaired) electrons. The van der Waals surface area contributed by atoms with Crippen LogP contribution in [0.3, 0.4) is 0 Å². The van der Waals surface area contributed by atoms with Crippen molar-refractivity contribution in [2.24, 2.45) is 0 Å². The van der Waals surface area contributed by atoms with Gasteiger partial charge < -0.3 is 10.4 Å². The summed E-state index contributed by atoms with van der Waals surface area (Å²) in [5.41, 5.74) is 1.12. The van der Waals surface area contributed by atoms with Crippen LogP contribution in [0.1, 0.15) is 17.9 Å². The Morgan fingerprint density at radius 2 is 2.00 bits per heavy atom. The maximum Gasteiger partial charge on any atom is 0.321 e. The molecule has 1 saturated heterocycles. The Kier molecular flexibility index (Phi) is 4.12. The standard InChI is InChI=1S/C11H13NO2.ClH/c13-11(14)10-9(6-7-12-10)8-4-2-1-3-5-8;/h1-5,9-10,12H,6-7H2,(H,13,14);1H/t9-,10+;/m0./s1. The van der Waals surface area contributed by atoms with Crippen molar-refractivity contribution in [3.8, 4) is 0 Å². The van der Waals surface area contributed by atoms with Crippen molar-refractivity contribution >= 4 is 18.4 Å². The lowest BCUT2D eigenvalue weighted by molar-refractivity contribution is -0.139. The Balaban J connectivity index is 0.00000112. The van der Waals surface area contributed by atoms with Crippen LogP contribution in [0.2, 0.25) is 0 Å². The van der Waals surface area contributed by atoms with Crippen LogP contribution in [0, 0.1) is 0 Å². The summed E-state index contributed by atoms with van der Waals surface area (Å²) in [7, 11) is 0. The molecule has 15 heavy (non-hydrogen) atoms. The predicted molar refractivity (Wildman–Crippen MR) is 60.5 cm³/mol. The molecule has 82 valence electrons. The molecule has 1 aromatic rings. The highest BCUT2D eigenvalue weighted by Crippen LogP contribution is 2.27. The molecule has 0 aromatic heterocycles. The van der Waals surface area contributed by atoms with E-state index in [1.54, 1.807) is 0 Å². The number of hydrogen-bond donors (Lipinski definition) is 2. The van der Waals surface area contributed by atoms with Crippen LogP contribution in [-0.2, 0) is 4.79 Å². The summed E-state index contributed by atoms with van der Waals surface area (Å²) in [6, 6.07) is 9.42. The third-order valence-electron chi connectivity index (χ3n) is 2.72. The topological polar surface area (TPSA) is 49.3 Å². The number of nitrogens with one attached hydrogen (secondary N) is 1. The maximum atomic E-state index is 10.9. The Labute approximate surface area is 94.9 Å². The minimum Gasteiger partial charge on any atom is -0.480 e. The second kappa shape index (κ2) is 5.14. The van der Waals surface area contributed by atoms with Gasteiger partial charge in [-0.3, -0.25) is 4.79 Å². The summed E-state index contributed by atoms with van der Waals surface area (Å²) < 4.78 is 0. The van der Waals surface area contributed by atoms with Crippen molar-refractivity contribution in [2.75, 3.05) is 6.54 Å². The molecule has 0 amide bonds. The zero-order chi connectivity index (χ0) is 9.97. The van der Waals surface area contributed by atoms with E-state index in [0.29, 0.717) is 0 Å². The van der Waals surface area contributed by atoms with Crippen molar-refractivity contribution in [3.63, 3.8) is 0 Å². The van der Waals surface area contributed by atoms with Crippen molar-refractivity contribution in [3.05, 3.63) is 35.9 Å². The van der Waals surface area contributed by atoms with Gasteiger partial charge in [0.15, 0.2) is 0 Å². The summed E-state index contributed by atoms with van der Waals surface area (Å²) in [6.07, 6.45) is 0.904. The second-order valence-corrected chi connectivity index (χ2v) is 3.58. The van der Waals surface area contributed by atoms with E-state index in [1.807, 2.05) is 30.3 Å².